The van der Waals surface area contributed by atoms with Gasteiger partial charge in [-0.2, -0.15) is 0 Å². The molecule has 170 valence electrons. The molecule has 3 aromatic carbocycles. The molecule has 0 heterocycles. The van der Waals surface area contributed by atoms with Crippen LogP contribution in [0.5, 0.6) is 0 Å². The van der Waals surface area contributed by atoms with Crippen molar-refractivity contribution in [2.75, 3.05) is 5.32 Å². The van der Waals surface area contributed by atoms with E-state index in [2.05, 4.69) is 36.7 Å². The molecule has 0 radical (unpaired) electrons. The van der Waals surface area contributed by atoms with Gasteiger partial charge in [0.25, 0.3) is 11.8 Å². The van der Waals surface area contributed by atoms with Crippen LogP contribution in [-0.2, 0) is 5.41 Å². The highest BCUT2D eigenvalue weighted by Gasteiger charge is 2.15. The molecule has 3 rings (SSSR count). The van der Waals surface area contributed by atoms with Gasteiger partial charge in [0.05, 0.1) is 6.04 Å². The predicted molar refractivity (Wildman–Crippen MR) is 138 cm³/mol. The maximum atomic E-state index is 12.7. The summed E-state index contributed by atoms with van der Waals surface area (Å²) in [5.41, 5.74) is 3.83. The first-order valence-corrected chi connectivity index (χ1v) is 11.2. The van der Waals surface area contributed by atoms with Crippen molar-refractivity contribution in [3.8, 4) is 0 Å². The standard InChI is InChI=1S/C27H29N3O2S/c1-18(19-9-6-5-7-10-19)28-25(32)21-11-8-12-23(17-21)29-26(33)30-24(31)20-13-15-22(16-14-20)27(2,3)4/h5-18H,1-4H3,(H,28,32)(H2,29,30,31,33). The second kappa shape index (κ2) is 10.4. The molecule has 6 heteroatoms. The quantitative estimate of drug-likeness (QED) is 0.434. The van der Waals surface area contributed by atoms with Gasteiger partial charge in [-0.25, -0.2) is 0 Å². The Morgan fingerprint density at radius 2 is 1.48 bits per heavy atom. The zero-order valence-electron chi connectivity index (χ0n) is 19.3. The minimum Gasteiger partial charge on any atom is -0.346 e. The van der Waals surface area contributed by atoms with E-state index in [0.717, 1.165) is 11.1 Å². The molecule has 3 aromatic rings. The average molecular weight is 460 g/mol. The maximum Gasteiger partial charge on any atom is 0.257 e. The summed E-state index contributed by atoms with van der Waals surface area (Å²) >= 11 is 5.30. The highest BCUT2D eigenvalue weighted by atomic mass is 32.1. The molecule has 1 atom stereocenters. The lowest BCUT2D eigenvalue weighted by molar-refractivity contribution is 0.0938. The third-order valence-corrected chi connectivity index (χ3v) is 5.47. The van der Waals surface area contributed by atoms with Crippen LogP contribution >= 0.6 is 12.2 Å². The second-order valence-electron chi connectivity index (χ2n) is 8.92. The highest BCUT2D eigenvalue weighted by molar-refractivity contribution is 7.80. The summed E-state index contributed by atoms with van der Waals surface area (Å²) in [7, 11) is 0. The van der Waals surface area contributed by atoms with Crippen molar-refractivity contribution in [2.45, 2.75) is 39.2 Å². The van der Waals surface area contributed by atoms with Gasteiger partial charge >= 0.3 is 0 Å². The number of hydrogen-bond donors (Lipinski definition) is 3. The van der Waals surface area contributed by atoms with E-state index in [1.54, 1.807) is 36.4 Å². The number of anilines is 1. The number of rotatable bonds is 5. The van der Waals surface area contributed by atoms with Gasteiger partial charge in [0.1, 0.15) is 0 Å². The molecule has 0 aliphatic rings. The molecule has 0 aliphatic heterocycles. The molecule has 5 nitrogen and oxygen atoms in total. The van der Waals surface area contributed by atoms with Gasteiger partial charge in [-0.15, -0.1) is 0 Å². The van der Waals surface area contributed by atoms with Crippen molar-refractivity contribution in [3.05, 3.63) is 101 Å². The van der Waals surface area contributed by atoms with Crippen LogP contribution in [0.1, 0.15) is 65.6 Å². The summed E-state index contributed by atoms with van der Waals surface area (Å²) < 4.78 is 0. The molecular formula is C27H29N3O2S. The third kappa shape index (κ3) is 6.73. The van der Waals surface area contributed by atoms with E-state index in [0.29, 0.717) is 16.8 Å². The van der Waals surface area contributed by atoms with E-state index in [1.807, 2.05) is 49.4 Å². The Labute approximate surface area is 200 Å². The second-order valence-corrected chi connectivity index (χ2v) is 9.33. The number of nitrogens with one attached hydrogen (secondary N) is 3. The molecule has 0 saturated heterocycles. The molecular weight excluding hydrogens is 430 g/mol. The van der Waals surface area contributed by atoms with Crippen LogP contribution in [0.15, 0.2) is 78.9 Å². The molecule has 0 saturated carbocycles. The van der Waals surface area contributed by atoms with E-state index in [-0.39, 0.29) is 28.4 Å². The zero-order valence-corrected chi connectivity index (χ0v) is 20.1. The monoisotopic (exact) mass is 459 g/mol. The SMILES string of the molecule is CC(NC(=O)c1cccc(NC(=S)NC(=O)c2ccc(C(C)(C)C)cc2)c1)c1ccccc1. The molecule has 0 aliphatic carbocycles. The Bertz CT molecular complexity index is 1140. The van der Waals surface area contributed by atoms with Crippen LogP contribution in [-0.4, -0.2) is 16.9 Å². The van der Waals surface area contributed by atoms with Crippen LogP contribution in [0, 0.1) is 0 Å². The van der Waals surface area contributed by atoms with Crippen LogP contribution in [0.4, 0.5) is 5.69 Å². The number of carbonyl (C=O) groups excluding carboxylic acids is 2. The zero-order chi connectivity index (χ0) is 24.0. The smallest absolute Gasteiger partial charge is 0.257 e. The Morgan fingerprint density at radius 3 is 2.12 bits per heavy atom. The fourth-order valence-electron chi connectivity index (χ4n) is 3.30. The van der Waals surface area contributed by atoms with Gasteiger partial charge in [-0.05, 0) is 66.0 Å². The van der Waals surface area contributed by atoms with Gasteiger partial charge in [0.2, 0.25) is 0 Å². The Hall–Kier alpha value is -3.51. The van der Waals surface area contributed by atoms with Crippen molar-refractivity contribution >= 4 is 34.8 Å². The number of thiocarbonyl (C=S) groups is 1. The largest absolute Gasteiger partial charge is 0.346 e. The van der Waals surface area contributed by atoms with Crippen molar-refractivity contribution in [2.24, 2.45) is 0 Å². The van der Waals surface area contributed by atoms with Crippen molar-refractivity contribution in [1.82, 2.24) is 10.6 Å². The lowest BCUT2D eigenvalue weighted by Crippen LogP contribution is -2.34. The number of benzene rings is 3. The average Bonchev–Trinajstić information content (AvgIpc) is 2.79. The van der Waals surface area contributed by atoms with Crippen molar-refractivity contribution in [1.29, 1.82) is 0 Å². The maximum absolute atomic E-state index is 12.7. The van der Waals surface area contributed by atoms with Crippen LogP contribution in [0.2, 0.25) is 0 Å². The highest BCUT2D eigenvalue weighted by Crippen LogP contribution is 2.22. The Morgan fingerprint density at radius 1 is 0.818 bits per heavy atom. The first-order valence-electron chi connectivity index (χ1n) is 10.8. The summed E-state index contributed by atoms with van der Waals surface area (Å²) in [5.74, 6) is -0.484. The topological polar surface area (TPSA) is 70.2 Å². The molecule has 0 aromatic heterocycles. The minimum atomic E-state index is -0.293. The van der Waals surface area contributed by atoms with E-state index in [1.165, 1.54) is 0 Å². The van der Waals surface area contributed by atoms with Crippen LogP contribution in [0.25, 0.3) is 0 Å². The fraction of sp³-hybridized carbons (Fsp3) is 0.222. The summed E-state index contributed by atoms with van der Waals surface area (Å²) in [6.07, 6.45) is 0. The summed E-state index contributed by atoms with van der Waals surface area (Å²) in [6.45, 7) is 8.31. The Kier molecular flexibility index (Phi) is 7.61. The third-order valence-electron chi connectivity index (χ3n) is 5.27. The van der Waals surface area contributed by atoms with Gasteiger partial charge in [-0.3, -0.25) is 14.9 Å². The van der Waals surface area contributed by atoms with E-state index in [4.69, 9.17) is 12.2 Å². The molecule has 1 unspecified atom stereocenters. The summed E-state index contributed by atoms with van der Waals surface area (Å²) in [4.78, 5) is 25.2. The van der Waals surface area contributed by atoms with Gasteiger partial charge < -0.3 is 10.6 Å². The van der Waals surface area contributed by atoms with E-state index >= 15 is 0 Å². The van der Waals surface area contributed by atoms with E-state index in [9.17, 15) is 9.59 Å². The molecule has 0 spiro atoms. The molecule has 2 amide bonds. The van der Waals surface area contributed by atoms with Crippen molar-refractivity contribution in [3.63, 3.8) is 0 Å². The molecule has 3 N–H and O–H groups in total. The summed E-state index contributed by atoms with van der Waals surface area (Å²) in [5, 5.41) is 8.82. The van der Waals surface area contributed by atoms with Crippen LogP contribution in [0.3, 0.4) is 0 Å². The number of hydrogen-bond acceptors (Lipinski definition) is 3. The molecule has 0 bridgehead atoms. The van der Waals surface area contributed by atoms with Crippen LogP contribution < -0.4 is 16.0 Å². The normalized spacial score (nSPS) is 11.9. The lowest BCUT2D eigenvalue weighted by atomic mass is 9.87. The van der Waals surface area contributed by atoms with Gasteiger partial charge in [0, 0.05) is 16.8 Å². The minimum absolute atomic E-state index is 0.0159. The fourth-order valence-corrected chi connectivity index (χ4v) is 3.51. The first-order chi connectivity index (χ1) is 15.6. The van der Waals surface area contributed by atoms with E-state index < -0.39 is 0 Å². The van der Waals surface area contributed by atoms with Gasteiger partial charge in [-0.1, -0.05) is 69.3 Å². The first kappa shape index (κ1) is 24.1. The molecule has 33 heavy (non-hydrogen) atoms. The molecule has 0 fully saturated rings. The number of carbonyl (C=O) groups is 2. The summed E-state index contributed by atoms with van der Waals surface area (Å²) in [6, 6.07) is 24.1. The van der Waals surface area contributed by atoms with Crippen molar-refractivity contribution < 1.29 is 9.59 Å². The Balaban J connectivity index is 1.59. The predicted octanol–water partition coefficient (Wildman–Crippen LogP) is 5.60. The number of amides is 2. The van der Waals surface area contributed by atoms with Gasteiger partial charge in [0.15, 0.2) is 5.11 Å². The lowest BCUT2D eigenvalue weighted by Gasteiger charge is -2.19.